The molecular weight excluding hydrogens is 279 g/mol. The minimum Gasteiger partial charge on any atom is -0.362 e. The zero-order valence-corrected chi connectivity index (χ0v) is 16.8. The third-order valence-electron chi connectivity index (χ3n) is 5.23. The Hall–Kier alpha value is 0.0748. The van der Waals surface area contributed by atoms with Crippen molar-refractivity contribution in [3.05, 3.63) is 0 Å². The van der Waals surface area contributed by atoms with Crippen molar-refractivity contribution in [3.8, 4) is 0 Å². The number of hydrogen-bond donors (Lipinski definition) is 0. The topological polar surface area (TPSA) is 9.72 Å². The molecule has 0 aromatic heterocycles. The molecule has 1 saturated heterocycles. The summed E-state index contributed by atoms with van der Waals surface area (Å²) in [7, 11) is 4.81. The lowest BCUT2D eigenvalue weighted by atomic mass is 9.54. The van der Waals surface area contributed by atoms with E-state index in [4.69, 9.17) is 0 Å². The first-order valence-corrected chi connectivity index (χ1v) is 10.0. The second-order valence-electron chi connectivity index (χ2n) is 7.37. The Morgan fingerprint density at radius 3 is 1.43 bits per heavy atom. The molecule has 0 spiro atoms. The molecule has 0 saturated carbocycles. The Labute approximate surface area is 148 Å². The van der Waals surface area contributed by atoms with Crippen molar-refractivity contribution in [2.24, 2.45) is 0 Å². The van der Waals surface area contributed by atoms with Gasteiger partial charge in [-0.1, -0.05) is 67.7 Å². The Morgan fingerprint density at radius 2 is 1.09 bits per heavy atom. The summed E-state index contributed by atoms with van der Waals surface area (Å²) in [6.45, 7) is 16.8. The maximum Gasteiger partial charge on any atom is 0.290 e. The van der Waals surface area contributed by atoms with E-state index in [0.29, 0.717) is 25.1 Å². The minimum absolute atomic E-state index is 0.503. The van der Waals surface area contributed by atoms with Crippen molar-refractivity contribution in [3.63, 3.8) is 0 Å². The highest BCUT2D eigenvalue weighted by molar-refractivity contribution is 6.74. The van der Waals surface area contributed by atoms with Crippen LogP contribution in [0.1, 0.15) is 87.0 Å². The molecule has 3 atom stereocenters. The summed E-state index contributed by atoms with van der Waals surface area (Å²) in [6.07, 6.45) is 8.69. The Bertz CT molecular complexity index is 297. The number of hydrogen-bond acceptors (Lipinski definition) is 3. The summed E-state index contributed by atoms with van der Waals surface area (Å²) in [5.41, 5.74) is 0. The normalized spacial score (nSPS) is 21.6. The van der Waals surface area contributed by atoms with E-state index in [1.54, 1.807) is 0 Å². The van der Waals surface area contributed by atoms with Crippen LogP contribution in [0.15, 0.2) is 0 Å². The van der Waals surface area contributed by atoms with Gasteiger partial charge in [0.05, 0.1) is 0 Å². The molecule has 1 fully saturated rings. The first-order valence-electron chi connectivity index (χ1n) is 10.0. The van der Waals surface area contributed by atoms with Crippen LogP contribution < -0.4 is 0 Å². The fourth-order valence-electron chi connectivity index (χ4n) is 3.81. The maximum absolute atomic E-state index is 2.63. The molecule has 1 aliphatic rings. The lowest BCUT2D eigenvalue weighted by Crippen LogP contribution is -2.72. The summed E-state index contributed by atoms with van der Waals surface area (Å²) < 4.78 is 7.72. The summed E-state index contributed by atoms with van der Waals surface area (Å²) in [6, 6.07) is 1.78. The molecule has 3 nitrogen and oxygen atoms in total. The van der Waals surface area contributed by atoms with Crippen molar-refractivity contribution in [1.82, 2.24) is 14.2 Å². The van der Waals surface area contributed by atoms with Crippen LogP contribution in [0.3, 0.4) is 0 Å². The van der Waals surface area contributed by atoms with Gasteiger partial charge in [0.1, 0.15) is 0 Å². The van der Waals surface area contributed by atoms with Gasteiger partial charge in [0.25, 0.3) is 22.1 Å². The van der Waals surface area contributed by atoms with Crippen molar-refractivity contribution in [1.29, 1.82) is 0 Å². The van der Waals surface area contributed by atoms with E-state index in [-0.39, 0.29) is 0 Å². The molecule has 1 rings (SSSR count). The molecule has 0 amide bonds. The van der Waals surface area contributed by atoms with E-state index in [1.807, 2.05) is 0 Å². The highest BCUT2D eigenvalue weighted by Crippen LogP contribution is 2.23. The van der Waals surface area contributed by atoms with E-state index < -0.39 is 0 Å². The van der Waals surface area contributed by atoms with Gasteiger partial charge in [-0.15, -0.1) is 0 Å². The molecule has 0 aromatic carbocycles. The van der Waals surface area contributed by atoms with Gasteiger partial charge < -0.3 is 14.2 Å². The SMILES string of the molecule is CCCC(C)N1[B]N(C(C)CCC)B(CC)N(C(C)CCC)[B]1. The van der Waals surface area contributed by atoms with E-state index in [1.165, 1.54) is 44.8 Å². The molecule has 0 aromatic rings. The van der Waals surface area contributed by atoms with Crippen LogP contribution in [0, 0.1) is 0 Å². The Morgan fingerprint density at radius 1 is 0.696 bits per heavy atom. The van der Waals surface area contributed by atoms with Crippen molar-refractivity contribution < 1.29 is 0 Å². The van der Waals surface area contributed by atoms with Crippen molar-refractivity contribution in [2.45, 2.75) is 111 Å². The largest absolute Gasteiger partial charge is 0.362 e. The highest BCUT2D eigenvalue weighted by Gasteiger charge is 2.41. The van der Waals surface area contributed by atoms with Crippen LogP contribution in [-0.2, 0) is 0 Å². The van der Waals surface area contributed by atoms with Crippen LogP contribution in [0.25, 0.3) is 0 Å². The summed E-state index contributed by atoms with van der Waals surface area (Å²) >= 11 is 0. The van der Waals surface area contributed by atoms with E-state index in [2.05, 4.69) is 77.7 Å². The number of nitrogens with zero attached hydrogens (tertiary/aromatic N) is 3. The molecule has 6 heteroatoms. The van der Waals surface area contributed by atoms with Crippen LogP contribution in [0.5, 0.6) is 0 Å². The van der Waals surface area contributed by atoms with Gasteiger partial charge in [-0.2, -0.15) is 0 Å². The molecule has 130 valence electrons. The lowest BCUT2D eigenvalue weighted by molar-refractivity contribution is 0.323. The second kappa shape index (κ2) is 10.8. The van der Waals surface area contributed by atoms with Gasteiger partial charge in [-0.3, -0.25) is 0 Å². The van der Waals surface area contributed by atoms with E-state index >= 15 is 0 Å². The van der Waals surface area contributed by atoms with Gasteiger partial charge in [-0.05, 0) is 43.7 Å². The van der Waals surface area contributed by atoms with Gasteiger partial charge in [0.2, 0.25) is 0 Å². The molecule has 2 radical (unpaired) electrons. The van der Waals surface area contributed by atoms with Crippen LogP contribution in [-0.4, -0.2) is 54.4 Å². The van der Waals surface area contributed by atoms with Gasteiger partial charge in [-0.25, -0.2) is 0 Å². The minimum atomic E-state index is 0.503. The van der Waals surface area contributed by atoms with Crippen molar-refractivity contribution >= 4 is 22.1 Å². The average molecular weight is 317 g/mol. The third kappa shape index (κ3) is 5.83. The zero-order valence-electron chi connectivity index (χ0n) is 16.8. The van der Waals surface area contributed by atoms with Gasteiger partial charge >= 0.3 is 0 Å². The molecule has 23 heavy (non-hydrogen) atoms. The number of rotatable bonds is 10. The average Bonchev–Trinajstić information content (AvgIpc) is 2.54. The first-order chi connectivity index (χ1) is 11.0. The zero-order chi connectivity index (χ0) is 17.4. The molecule has 0 N–H and O–H groups in total. The Balaban J connectivity index is 2.95. The molecule has 0 bridgehead atoms. The van der Waals surface area contributed by atoms with Crippen LogP contribution in [0.4, 0.5) is 0 Å². The standard InChI is InChI=1S/C17H38B3N3/c1-8-12-15(5)21-18-22(16(6)13-9-2)20(11-4)23(19-21)17(7)14-10-3/h15-17H,8-14H2,1-7H3. The van der Waals surface area contributed by atoms with Crippen LogP contribution >= 0.6 is 0 Å². The third-order valence-corrected chi connectivity index (χ3v) is 5.23. The maximum atomic E-state index is 2.63. The molecule has 0 aliphatic carbocycles. The van der Waals surface area contributed by atoms with Gasteiger partial charge in [0.15, 0.2) is 0 Å². The monoisotopic (exact) mass is 317 g/mol. The summed E-state index contributed by atoms with van der Waals surface area (Å²) in [4.78, 5) is 0. The fraction of sp³-hybridized carbons (Fsp3) is 1.00. The molecular formula is C17H38B3N3. The summed E-state index contributed by atoms with van der Waals surface area (Å²) in [5, 5.41) is 0. The van der Waals surface area contributed by atoms with Crippen LogP contribution in [0.2, 0.25) is 6.32 Å². The molecule has 1 aliphatic heterocycles. The first kappa shape index (κ1) is 21.1. The van der Waals surface area contributed by atoms with E-state index in [0.717, 1.165) is 0 Å². The van der Waals surface area contributed by atoms with Gasteiger partial charge in [0, 0.05) is 0 Å². The Kier molecular flexibility index (Phi) is 9.95. The smallest absolute Gasteiger partial charge is 0.290 e. The fourth-order valence-corrected chi connectivity index (χ4v) is 3.81. The highest BCUT2D eigenvalue weighted by atomic mass is 15.3. The van der Waals surface area contributed by atoms with Crippen molar-refractivity contribution in [2.75, 3.05) is 0 Å². The predicted octanol–water partition coefficient (Wildman–Crippen LogP) is 4.05. The molecule has 3 unspecified atom stereocenters. The predicted molar refractivity (Wildman–Crippen MR) is 106 cm³/mol. The van der Waals surface area contributed by atoms with E-state index in [9.17, 15) is 0 Å². The molecule has 1 heterocycles. The second-order valence-corrected chi connectivity index (χ2v) is 7.37. The summed E-state index contributed by atoms with van der Waals surface area (Å²) in [5.74, 6) is 0. The quantitative estimate of drug-likeness (QED) is 0.563. The lowest BCUT2D eigenvalue weighted by Gasteiger charge is -2.51.